The van der Waals surface area contributed by atoms with E-state index < -0.39 is 5.97 Å². The number of hydrogen-bond donors (Lipinski definition) is 1. The van der Waals surface area contributed by atoms with Crippen LogP contribution < -0.4 is 0 Å². The number of nitrogens with zero attached hydrogens (tertiary/aromatic N) is 2. The highest BCUT2D eigenvalue weighted by Gasteiger charge is 2.29. The summed E-state index contributed by atoms with van der Waals surface area (Å²) in [6.45, 7) is 8.93. The molecule has 0 aromatic carbocycles. The lowest BCUT2D eigenvalue weighted by Crippen LogP contribution is -2.50. The van der Waals surface area contributed by atoms with Crippen LogP contribution in [0.2, 0.25) is 0 Å². The lowest BCUT2D eigenvalue weighted by Gasteiger charge is -2.34. The molecule has 7 nitrogen and oxygen atoms in total. The number of amides is 2. The lowest BCUT2D eigenvalue weighted by atomic mass is 10.1. The Morgan fingerprint density at radius 2 is 1.80 bits per heavy atom. The molecule has 1 fully saturated rings. The number of aromatic amines is 1. The van der Waals surface area contributed by atoms with Gasteiger partial charge in [-0.1, -0.05) is 6.07 Å². The molecule has 30 heavy (non-hydrogen) atoms. The Bertz CT molecular complexity index is 951. The van der Waals surface area contributed by atoms with E-state index in [2.05, 4.69) is 4.98 Å². The van der Waals surface area contributed by atoms with E-state index >= 15 is 0 Å². The molecule has 3 rings (SSSR count). The van der Waals surface area contributed by atoms with Gasteiger partial charge in [-0.3, -0.25) is 9.59 Å². The van der Waals surface area contributed by atoms with Crippen molar-refractivity contribution in [1.82, 2.24) is 14.8 Å². The quantitative estimate of drug-likeness (QED) is 0.584. The van der Waals surface area contributed by atoms with Crippen molar-refractivity contribution in [3.8, 4) is 0 Å². The van der Waals surface area contributed by atoms with Gasteiger partial charge in [0.25, 0.3) is 5.91 Å². The molecule has 3 heterocycles. The molecule has 1 aliphatic rings. The first-order valence-corrected chi connectivity index (χ1v) is 10.9. The van der Waals surface area contributed by atoms with Crippen molar-refractivity contribution < 1.29 is 19.1 Å². The second kappa shape index (κ2) is 9.30. The molecule has 1 saturated heterocycles. The van der Waals surface area contributed by atoms with Crippen molar-refractivity contribution >= 4 is 35.2 Å². The topological polar surface area (TPSA) is 82.7 Å². The molecule has 1 N–H and O–H groups in total. The second-order valence-corrected chi connectivity index (χ2v) is 8.52. The van der Waals surface area contributed by atoms with Crippen LogP contribution in [0.5, 0.6) is 0 Å². The standard InChI is InChI=1S/C22H27N3O4S/c1-14(2)29-22(28)19-15(3)20(23-16(19)4)21(27)25-11-9-24(10-12-25)18(26)8-7-17-6-5-13-30-17/h5-8,13-14,23H,9-12H2,1-4H3/b8-7+. The third-order valence-corrected chi connectivity index (χ3v) is 5.85. The van der Waals surface area contributed by atoms with E-state index in [9.17, 15) is 14.4 Å². The van der Waals surface area contributed by atoms with Gasteiger partial charge in [0.05, 0.1) is 11.7 Å². The first kappa shape index (κ1) is 21.8. The van der Waals surface area contributed by atoms with Crippen LogP contribution in [0.15, 0.2) is 23.6 Å². The number of piperazine rings is 1. The molecular formula is C22H27N3O4S. The Kier molecular flexibility index (Phi) is 6.77. The fraction of sp³-hybridized carbons (Fsp3) is 0.409. The number of aryl methyl sites for hydroxylation is 1. The predicted molar refractivity (Wildman–Crippen MR) is 117 cm³/mol. The molecule has 0 saturated carbocycles. The fourth-order valence-electron chi connectivity index (χ4n) is 3.48. The van der Waals surface area contributed by atoms with Crippen molar-refractivity contribution in [1.29, 1.82) is 0 Å². The van der Waals surface area contributed by atoms with Crippen LogP contribution in [0.25, 0.3) is 6.08 Å². The van der Waals surface area contributed by atoms with Gasteiger partial charge in [-0.2, -0.15) is 0 Å². The number of nitrogens with one attached hydrogen (secondary N) is 1. The highest BCUT2D eigenvalue weighted by atomic mass is 32.1. The number of thiophene rings is 1. The van der Waals surface area contributed by atoms with Crippen LogP contribution in [-0.4, -0.2) is 64.9 Å². The van der Waals surface area contributed by atoms with Gasteiger partial charge in [0.1, 0.15) is 5.69 Å². The van der Waals surface area contributed by atoms with E-state index in [1.54, 1.807) is 54.9 Å². The molecule has 2 amide bonds. The highest BCUT2D eigenvalue weighted by Crippen LogP contribution is 2.21. The summed E-state index contributed by atoms with van der Waals surface area (Å²) in [5.41, 5.74) is 2.04. The molecule has 0 unspecified atom stereocenters. The normalized spacial score (nSPS) is 14.6. The summed E-state index contributed by atoms with van der Waals surface area (Å²) in [6, 6.07) is 3.90. The fourth-order valence-corrected chi connectivity index (χ4v) is 4.09. The van der Waals surface area contributed by atoms with Crippen LogP contribution in [0.1, 0.15) is 50.8 Å². The summed E-state index contributed by atoms with van der Waals surface area (Å²) in [4.78, 5) is 45.3. The minimum atomic E-state index is -0.428. The van der Waals surface area contributed by atoms with E-state index in [-0.39, 0.29) is 17.9 Å². The number of carbonyl (C=O) groups is 3. The summed E-state index contributed by atoms with van der Waals surface area (Å²) in [5.74, 6) is -0.648. The largest absolute Gasteiger partial charge is 0.459 e. The number of aromatic nitrogens is 1. The molecule has 2 aromatic rings. The summed E-state index contributed by atoms with van der Waals surface area (Å²) >= 11 is 1.58. The molecule has 0 atom stereocenters. The first-order valence-electron chi connectivity index (χ1n) is 9.97. The Morgan fingerprint density at radius 3 is 2.40 bits per heavy atom. The van der Waals surface area contributed by atoms with E-state index in [1.165, 1.54) is 0 Å². The second-order valence-electron chi connectivity index (χ2n) is 7.55. The summed E-state index contributed by atoms with van der Waals surface area (Å²) in [7, 11) is 0. The number of esters is 1. The summed E-state index contributed by atoms with van der Waals surface area (Å²) in [5, 5.41) is 1.97. The zero-order valence-electron chi connectivity index (χ0n) is 17.7. The third-order valence-electron chi connectivity index (χ3n) is 5.01. The molecular weight excluding hydrogens is 402 g/mol. The zero-order valence-corrected chi connectivity index (χ0v) is 18.5. The van der Waals surface area contributed by atoms with Crippen molar-refractivity contribution in [2.45, 2.75) is 33.8 Å². The summed E-state index contributed by atoms with van der Waals surface area (Å²) < 4.78 is 5.29. The lowest BCUT2D eigenvalue weighted by molar-refractivity contribution is -0.127. The SMILES string of the molecule is Cc1[nH]c(C(=O)N2CCN(C(=O)/C=C/c3cccs3)CC2)c(C)c1C(=O)OC(C)C. The van der Waals surface area contributed by atoms with Crippen molar-refractivity contribution in [2.75, 3.05) is 26.2 Å². The molecule has 2 aromatic heterocycles. The highest BCUT2D eigenvalue weighted by molar-refractivity contribution is 7.10. The molecule has 1 aliphatic heterocycles. The zero-order chi connectivity index (χ0) is 21.8. The van der Waals surface area contributed by atoms with Gasteiger partial charge in [0.15, 0.2) is 0 Å². The minimum absolute atomic E-state index is 0.0545. The Hall–Kier alpha value is -2.87. The van der Waals surface area contributed by atoms with Crippen LogP contribution in [0, 0.1) is 13.8 Å². The van der Waals surface area contributed by atoms with E-state index in [4.69, 9.17) is 4.74 Å². The Morgan fingerprint density at radius 1 is 1.13 bits per heavy atom. The van der Waals surface area contributed by atoms with Gasteiger partial charge in [-0.05, 0) is 50.8 Å². The van der Waals surface area contributed by atoms with E-state index in [1.807, 2.05) is 23.6 Å². The average Bonchev–Trinajstić information content (AvgIpc) is 3.32. The number of ether oxygens (including phenoxy) is 1. The number of rotatable bonds is 5. The first-order chi connectivity index (χ1) is 14.3. The minimum Gasteiger partial charge on any atom is -0.459 e. The molecule has 8 heteroatoms. The predicted octanol–water partition coefficient (Wildman–Crippen LogP) is 3.26. The average molecular weight is 430 g/mol. The van der Waals surface area contributed by atoms with Crippen LogP contribution in [-0.2, 0) is 9.53 Å². The van der Waals surface area contributed by atoms with Crippen LogP contribution in [0.3, 0.4) is 0 Å². The maximum absolute atomic E-state index is 13.0. The van der Waals surface area contributed by atoms with Gasteiger partial charge in [0.2, 0.25) is 5.91 Å². The molecule has 0 radical (unpaired) electrons. The van der Waals surface area contributed by atoms with Gasteiger partial charge >= 0.3 is 5.97 Å². The molecule has 0 aliphatic carbocycles. The van der Waals surface area contributed by atoms with Crippen molar-refractivity contribution in [3.05, 3.63) is 51.0 Å². The van der Waals surface area contributed by atoms with Gasteiger partial charge in [-0.25, -0.2) is 4.79 Å². The van der Waals surface area contributed by atoms with Crippen molar-refractivity contribution in [2.24, 2.45) is 0 Å². The monoisotopic (exact) mass is 429 g/mol. The van der Waals surface area contributed by atoms with Crippen LogP contribution in [0.4, 0.5) is 0 Å². The molecule has 0 spiro atoms. The van der Waals surface area contributed by atoms with Crippen LogP contribution >= 0.6 is 11.3 Å². The number of carbonyl (C=O) groups excluding carboxylic acids is 3. The van der Waals surface area contributed by atoms with Crippen molar-refractivity contribution in [3.63, 3.8) is 0 Å². The van der Waals surface area contributed by atoms with Gasteiger partial charge in [0, 0.05) is 42.8 Å². The molecule has 160 valence electrons. The number of hydrogen-bond acceptors (Lipinski definition) is 5. The maximum Gasteiger partial charge on any atom is 0.340 e. The third kappa shape index (κ3) is 4.81. The Labute approximate surface area is 180 Å². The molecule has 0 bridgehead atoms. The summed E-state index contributed by atoms with van der Waals surface area (Å²) in [6.07, 6.45) is 3.16. The van der Waals surface area contributed by atoms with E-state index in [0.29, 0.717) is 48.7 Å². The number of H-pyrrole nitrogens is 1. The Balaban J connectivity index is 1.63. The van der Waals surface area contributed by atoms with Gasteiger partial charge in [-0.15, -0.1) is 11.3 Å². The maximum atomic E-state index is 13.0. The van der Waals surface area contributed by atoms with Gasteiger partial charge < -0.3 is 19.5 Å². The smallest absolute Gasteiger partial charge is 0.340 e. The van der Waals surface area contributed by atoms with E-state index in [0.717, 1.165) is 4.88 Å².